The van der Waals surface area contributed by atoms with Crippen molar-refractivity contribution < 1.29 is 0 Å². The highest BCUT2D eigenvalue weighted by molar-refractivity contribution is 5.40. The summed E-state index contributed by atoms with van der Waals surface area (Å²) in [6.07, 6.45) is 3.17. The SMILES string of the molecule is N#Cc1cnc(N(Cc2ccccc2)Cc2ccccc2)cn1. The maximum absolute atomic E-state index is 8.87. The summed E-state index contributed by atoms with van der Waals surface area (Å²) >= 11 is 0. The molecule has 3 rings (SSSR count). The van der Waals surface area contributed by atoms with Crippen LogP contribution >= 0.6 is 0 Å². The van der Waals surface area contributed by atoms with E-state index < -0.39 is 0 Å². The average Bonchev–Trinajstić information content (AvgIpc) is 2.63. The van der Waals surface area contributed by atoms with E-state index in [1.54, 1.807) is 6.20 Å². The normalized spacial score (nSPS) is 10.0. The van der Waals surface area contributed by atoms with Gasteiger partial charge in [-0.3, -0.25) is 0 Å². The lowest BCUT2D eigenvalue weighted by Gasteiger charge is -2.23. The van der Waals surface area contributed by atoms with Gasteiger partial charge in [0.2, 0.25) is 0 Å². The quantitative estimate of drug-likeness (QED) is 0.723. The molecule has 0 amide bonds. The Bertz CT molecular complexity index is 736. The molecule has 0 fully saturated rings. The lowest BCUT2D eigenvalue weighted by atomic mass is 10.1. The first-order valence-electron chi connectivity index (χ1n) is 7.40. The molecule has 0 bridgehead atoms. The minimum absolute atomic E-state index is 0.327. The molecule has 0 saturated carbocycles. The highest BCUT2D eigenvalue weighted by atomic mass is 15.2. The van der Waals surface area contributed by atoms with Crippen molar-refractivity contribution in [3.8, 4) is 6.07 Å². The molecule has 0 unspecified atom stereocenters. The van der Waals surface area contributed by atoms with Gasteiger partial charge in [0, 0.05) is 13.1 Å². The molecule has 0 aliphatic carbocycles. The number of benzene rings is 2. The molecule has 112 valence electrons. The molecule has 0 N–H and O–H groups in total. The largest absolute Gasteiger partial charge is 0.347 e. The zero-order valence-electron chi connectivity index (χ0n) is 12.6. The Morgan fingerprint density at radius 1 is 0.783 bits per heavy atom. The van der Waals surface area contributed by atoms with Gasteiger partial charge in [-0.05, 0) is 11.1 Å². The van der Waals surface area contributed by atoms with Gasteiger partial charge in [-0.2, -0.15) is 5.26 Å². The number of hydrogen-bond donors (Lipinski definition) is 0. The molecule has 1 heterocycles. The van der Waals surface area contributed by atoms with E-state index in [0.717, 1.165) is 18.9 Å². The third-order valence-corrected chi connectivity index (χ3v) is 3.51. The molecular weight excluding hydrogens is 284 g/mol. The van der Waals surface area contributed by atoms with Crippen LogP contribution in [-0.4, -0.2) is 9.97 Å². The second kappa shape index (κ2) is 7.19. The van der Waals surface area contributed by atoms with Gasteiger partial charge in [0.1, 0.15) is 11.9 Å². The smallest absolute Gasteiger partial charge is 0.158 e. The highest BCUT2D eigenvalue weighted by Crippen LogP contribution is 2.17. The van der Waals surface area contributed by atoms with Crippen LogP contribution in [0.15, 0.2) is 73.1 Å². The summed E-state index contributed by atoms with van der Waals surface area (Å²) in [7, 11) is 0. The lowest BCUT2D eigenvalue weighted by molar-refractivity contribution is 0.779. The van der Waals surface area contributed by atoms with E-state index in [-0.39, 0.29) is 0 Å². The van der Waals surface area contributed by atoms with Crippen molar-refractivity contribution in [3.05, 3.63) is 89.9 Å². The second-order valence-electron chi connectivity index (χ2n) is 5.20. The molecule has 1 aromatic heterocycles. The molecular formula is C19H16N4. The average molecular weight is 300 g/mol. The van der Waals surface area contributed by atoms with Crippen LogP contribution in [0.1, 0.15) is 16.8 Å². The summed E-state index contributed by atoms with van der Waals surface area (Å²) in [6.45, 7) is 1.46. The van der Waals surface area contributed by atoms with Crippen LogP contribution in [0, 0.1) is 11.3 Å². The third-order valence-electron chi connectivity index (χ3n) is 3.51. The van der Waals surface area contributed by atoms with E-state index in [2.05, 4.69) is 39.1 Å². The number of nitrogens with zero attached hydrogens (tertiary/aromatic N) is 4. The summed E-state index contributed by atoms with van der Waals surface area (Å²) in [5.41, 5.74) is 2.73. The van der Waals surface area contributed by atoms with Gasteiger partial charge in [0.15, 0.2) is 5.69 Å². The lowest BCUT2D eigenvalue weighted by Crippen LogP contribution is -2.23. The maximum atomic E-state index is 8.87. The Morgan fingerprint density at radius 2 is 1.35 bits per heavy atom. The van der Waals surface area contributed by atoms with Gasteiger partial charge in [-0.1, -0.05) is 60.7 Å². The first-order valence-corrected chi connectivity index (χ1v) is 7.40. The molecule has 3 aromatic rings. The van der Waals surface area contributed by atoms with Gasteiger partial charge in [0.25, 0.3) is 0 Å². The number of rotatable bonds is 5. The van der Waals surface area contributed by atoms with Gasteiger partial charge in [0.05, 0.1) is 12.4 Å². The summed E-state index contributed by atoms with van der Waals surface area (Å²) in [6, 6.07) is 22.5. The van der Waals surface area contributed by atoms with E-state index >= 15 is 0 Å². The van der Waals surface area contributed by atoms with E-state index in [4.69, 9.17) is 5.26 Å². The van der Waals surface area contributed by atoms with Gasteiger partial charge in [-0.15, -0.1) is 0 Å². The fraction of sp³-hybridized carbons (Fsp3) is 0.105. The first kappa shape index (κ1) is 14.7. The van der Waals surface area contributed by atoms with Crippen molar-refractivity contribution in [2.24, 2.45) is 0 Å². The Morgan fingerprint density at radius 3 is 1.78 bits per heavy atom. The van der Waals surface area contributed by atoms with Crippen LogP contribution in [0.25, 0.3) is 0 Å². The summed E-state index contributed by atoms with van der Waals surface area (Å²) in [5.74, 6) is 0.761. The zero-order valence-corrected chi connectivity index (χ0v) is 12.6. The molecule has 0 aliphatic heterocycles. The van der Waals surface area contributed by atoms with Gasteiger partial charge in [-0.25, -0.2) is 9.97 Å². The standard InChI is InChI=1S/C19H16N4/c20-11-18-12-22-19(13-21-18)23(14-16-7-3-1-4-8-16)15-17-9-5-2-6-10-17/h1-10,12-13H,14-15H2. The molecule has 4 heteroatoms. The fourth-order valence-corrected chi connectivity index (χ4v) is 2.37. The first-order chi connectivity index (χ1) is 11.3. The number of anilines is 1. The van der Waals surface area contributed by atoms with Crippen molar-refractivity contribution in [1.82, 2.24) is 9.97 Å². The molecule has 23 heavy (non-hydrogen) atoms. The van der Waals surface area contributed by atoms with Crippen molar-refractivity contribution in [2.45, 2.75) is 13.1 Å². The van der Waals surface area contributed by atoms with Crippen LogP contribution in [0.4, 0.5) is 5.82 Å². The fourth-order valence-electron chi connectivity index (χ4n) is 2.37. The van der Waals surface area contributed by atoms with Crippen LogP contribution in [0.3, 0.4) is 0 Å². The number of aromatic nitrogens is 2. The third kappa shape index (κ3) is 3.92. The van der Waals surface area contributed by atoms with E-state index in [9.17, 15) is 0 Å². The van der Waals surface area contributed by atoms with Gasteiger partial charge < -0.3 is 4.90 Å². The molecule has 0 radical (unpaired) electrons. The molecule has 2 aromatic carbocycles. The second-order valence-corrected chi connectivity index (χ2v) is 5.20. The minimum Gasteiger partial charge on any atom is -0.347 e. The predicted molar refractivity (Wildman–Crippen MR) is 89.5 cm³/mol. The Balaban J connectivity index is 1.87. The topological polar surface area (TPSA) is 52.8 Å². The van der Waals surface area contributed by atoms with E-state index in [1.807, 2.05) is 42.5 Å². The maximum Gasteiger partial charge on any atom is 0.158 e. The Kier molecular flexibility index (Phi) is 4.61. The van der Waals surface area contributed by atoms with Crippen molar-refractivity contribution in [3.63, 3.8) is 0 Å². The minimum atomic E-state index is 0.327. The van der Waals surface area contributed by atoms with E-state index in [1.165, 1.54) is 17.3 Å². The summed E-state index contributed by atoms with van der Waals surface area (Å²) in [5, 5.41) is 8.87. The molecule has 0 saturated heterocycles. The Labute approximate surface area is 135 Å². The zero-order chi connectivity index (χ0) is 15.9. The molecule has 0 atom stereocenters. The van der Waals surface area contributed by atoms with Crippen molar-refractivity contribution >= 4 is 5.82 Å². The van der Waals surface area contributed by atoms with Crippen molar-refractivity contribution in [1.29, 1.82) is 5.26 Å². The highest BCUT2D eigenvalue weighted by Gasteiger charge is 2.10. The summed E-state index contributed by atoms with van der Waals surface area (Å²) in [4.78, 5) is 10.7. The van der Waals surface area contributed by atoms with Gasteiger partial charge >= 0.3 is 0 Å². The number of nitriles is 1. The predicted octanol–water partition coefficient (Wildman–Crippen LogP) is 3.56. The molecule has 0 aliphatic rings. The van der Waals surface area contributed by atoms with Crippen LogP contribution in [0.2, 0.25) is 0 Å². The van der Waals surface area contributed by atoms with Crippen LogP contribution < -0.4 is 4.90 Å². The number of hydrogen-bond acceptors (Lipinski definition) is 4. The van der Waals surface area contributed by atoms with E-state index in [0.29, 0.717) is 5.69 Å². The molecule has 0 spiro atoms. The Hall–Kier alpha value is -3.19. The summed E-state index contributed by atoms with van der Waals surface area (Å²) < 4.78 is 0. The van der Waals surface area contributed by atoms with Crippen LogP contribution in [0.5, 0.6) is 0 Å². The monoisotopic (exact) mass is 300 g/mol. The van der Waals surface area contributed by atoms with Crippen molar-refractivity contribution in [2.75, 3.05) is 4.90 Å². The van der Waals surface area contributed by atoms with Crippen LogP contribution in [-0.2, 0) is 13.1 Å². The molecule has 4 nitrogen and oxygen atoms in total.